The summed E-state index contributed by atoms with van der Waals surface area (Å²) < 4.78 is 2.00. The maximum absolute atomic E-state index is 12.6. The van der Waals surface area contributed by atoms with Gasteiger partial charge in [-0.1, -0.05) is 65.9 Å². The molecule has 6 heteroatoms. The number of carbonyl (C=O) groups is 1. The van der Waals surface area contributed by atoms with Crippen molar-refractivity contribution in [1.82, 2.24) is 14.8 Å². The maximum atomic E-state index is 12.6. The minimum Gasteiger partial charge on any atom is -0.325 e. The van der Waals surface area contributed by atoms with Crippen LogP contribution in [0.25, 0.3) is 17.1 Å². The lowest BCUT2D eigenvalue weighted by Crippen LogP contribution is -2.14. The van der Waals surface area contributed by atoms with Crippen LogP contribution in [-0.2, 0) is 4.79 Å². The van der Waals surface area contributed by atoms with Crippen molar-refractivity contribution in [2.75, 3.05) is 11.1 Å². The van der Waals surface area contributed by atoms with Crippen LogP contribution in [0.3, 0.4) is 0 Å². The molecule has 156 valence electrons. The van der Waals surface area contributed by atoms with Crippen LogP contribution in [0.1, 0.15) is 16.7 Å². The summed E-state index contributed by atoms with van der Waals surface area (Å²) in [4.78, 5) is 12.6. The monoisotopic (exact) mass is 428 g/mol. The number of thioether (sulfide) groups is 1. The molecule has 4 rings (SSSR count). The van der Waals surface area contributed by atoms with E-state index in [-0.39, 0.29) is 11.7 Å². The molecule has 0 radical (unpaired) electrons. The molecule has 0 fully saturated rings. The molecule has 0 unspecified atom stereocenters. The Bertz CT molecular complexity index is 1180. The van der Waals surface area contributed by atoms with E-state index in [4.69, 9.17) is 0 Å². The topological polar surface area (TPSA) is 59.8 Å². The predicted molar refractivity (Wildman–Crippen MR) is 127 cm³/mol. The van der Waals surface area contributed by atoms with Crippen molar-refractivity contribution < 1.29 is 4.79 Å². The fourth-order valence-corrected chi connectivity index (χ4v) is 4.19. The van der Waals surface area contributed by atoms with E-state index in [1.165, 1.54) is 17.3 Å². The zero-order chi connectivity index (χ0) is 21.8. The number of hydrogen-bond acceptors (Lipinski definition) is 4. The molecule has 3 aromatic carbocycles. The summed E-state index contributed by atoms with van der Waals surface area (Å²) in [7, 11) is 0. The van der Waals surface area contributed by atoms with Gasteiger partial charge in [0.15, 0.2) is 11.0 Å². The standard InChI is InChI=1S/C25H24N4OS/c1-17-9-11-20(12-10-17)24-27-28-25(29(24)22-7-5-4-6-8-22)31-16-23(30)26-21-14-18(2)13-19(3)15-21/h4-15H,16H2,1-3H3,(H,26,30). The number of aromatic nitrogens is 3. The molecule has 31 heavy (non-hydrogen) atoms. The zero-order valence-electron chi connectivity index (χ0n) is 17.8. The van der Waals surface area contributed by atoms with E-state index in [0.29, 0.717) is 5.16 Å². The highest BCUT2D eigenvalue weighted by Gasteiger charge is 2.17. The van der Waals surface area contributed by atoms with Gasteiger partial charge in [0.1, 0.15) is 0 Å². The fourth-order valence-electron chi connectivity index (χ4n) is 3.44. The molecule has 0 bridgehead atoms. The van der Waals surface area contributed by atoms with Crippen LogP contribution < -0.4 is 5.32 Å². The van der Waals surface area contributed by atoms with Gasteiger partial charge < -0.3 is 5.32 Å². The van der Waals surface area contributed by atoms with Gasteiger partial charge in [0.05, 0.1) is 5.75 Å². The molecule has 1 heterocycles. The molecule has 5 nitrogen and oxygen atoms in total. The molecule has 4 aromatic rings. The SMILES string of the molecule is Cc1ccc(-c2nnc(SCC(=O)Nc3cc(C)cc(C)c3)n2-c2ccccc2)cc1. The normalized spacial score (nSPS) is 10.8. The average Bonchev–Trinajstić information content (AvgIpc) is 3.16. The molecule has 1 N–H and O–H groups in total. The van der Waals surface area contributed by atoms with Crippen molar-refractivity contribution in [2.24, 2.45) is 0 Å². The Hall–Kier alpha value is -3.38. The van der Waals surface area contributed by atoms with Crippen LogP contribution in [-0.4, -0.2) is 26.4 Å². The second kappa shape index (κ2) is 9.18. The Balaban J connectivity index is 1.58. The summed E-state index contributed by atoms with van der Waals surface area (Å²) in [5, 5.41) is 12.5. The van der Waals surface area contributed by atoms with Gasteiger partial charge in [0.25, 0.3) is 0 Å². The van der Waals surface area contributed by atoms with Gasteiger partial charge in [-0.15, -0.1) is 10.2 Å². The van der Waals surface area contributed by atoms with E-state index < -0.39 is 0 Å². The molecule has 0 atom stereocenters. The van der Waals surface area contributed by atoms with Gasteiger partial charge in [-0.2, -0.15) is 0 Å². The first-order valence-electron chi connectivity index (χ1n) is 10.1. The van der Waals surface area contributed by atoms with Crippen LogP contribution in [0, 0.1) is 20.8 Å². The first kappa shape index (κ1) is 20.9. The number of carbonyl (C=O) groups excluding carboxylic acids is 1. The Morgan fingerprint density at radius 1 is 0.871 bits per heavy atom. The highest BCUT2D eigenvalue weighted by molar-refractivity contribution is 7.99. The molecule has 0 aliphatic rings. The highest BCUT2D eigenvalue weighted by atomic mass is 32.2. The lowest BCUT2D eigenvalue weighted by molar-refractivity contribution is -0.113. The first-order chi connectivity index (χ1) is 15.0. The van der Waals surface area contributed by atoms with Crippen molar-refractivity contribution in [3.8, 4) is 17.1 Å². The van der Waals surface area contributed by atoms with Crippen molar-refractivity contribution in [3.63, 3.8) is 0 Å². The summed E-state index contributed by atoms with van der Waals surface area (Å²) in [6, 6.07) is 24.2. The maximum Gasteiger partial charge on any atom is 0.234 e. The third-order valence-electron chi connectivity index (χ3n) is 4.80. The number of hydrogen-bond donors (Lipinski definition) is 1. The Morgan fingerprint density at radius 2 is 1.55 bits per heavy atom. The molecule has 0 aliphatic heterocycles. The number of nitrogens with one attached hydrogen (secondary N) is 1. The zero-order valence-corrected chi connectivity index (χ0v) is 18.6. The second-order valence-corrected chi connectivity index (χ2v) is 8.50. The van der Waals surface area contributed by atoms with E-state index in [9.17, 15) is 4.79 Å². The van der Waals surface area contributed by atoms with E-state index >= 15 is 0 Å². The van der Waals surface area contributed by atoms with Gasteiger partial charge >= 0.3 is 0 Å². The van der Waals surface area contributed by atoms with Gasteiger partial charge in [-0.3, -0.25) is 9.36 Å². The van der Waals surface area contributed by atoms with Gasteiger partial charge in [0.2, 0.25) is 5.91 Å². The van der Waals surface area contributed by atoms with Gasteiger partial charge in [-0.05, 0) is 56.2 Å². The summed E-state index contributed by atoms with van der Waals surface area (Å²) >= 11 is 1.37. The van der Waals surface area contributed by atoms with Crippen LogP contribution in [0.2, 0.25) is 0 Å². The molecule has 0 spiro atoms. The van der Waals surface area contributed by atoms with Crippen molar-refractivity contribution in [3.05, 3.63) is 89.5 Å². The van der Waals surface area contributed by atoms with Gasteiger partial charge in [0, 0.05) is 16.9 Å². The molecule has 0 saturated heterocycles. The average molecular weight is 429 g/mol. The molecular formula is C25H24N4OS. The summed E-state index contributed by atoms with van der Waals surface area (Å²) in [6.07, 6.45) is 0. The number of aryl methyl sites for hydroxylation is 3. The smallest absolute Gasteiger partial charge is 0.234 e. The predicted octanol–water partition coefficient (Wildman–Crippen LogP) is 5.59. The van der Waals surface area contributed by atoms with E-state index in [1.807, 2.05) is 73.0 Å². The van der Waals surface area contributed by atoms with Crippen LogP contribution >= 0.6 is 11.8 Å². The summed E-state index contributed by atoms with van der Waals surface area (Å²) in [5.74, 6) is 0.921. The number of para-hydroxylation sites is 1. The quantitative estimate of drug-likeness (QED) is 0.407. The molecule has 1 amide bonds. The van der Waals surface area contributed by atoms with Crippen molar-refractivity contribution >= 4 is 23.4 Å². The molecule has 0 aliphatic carbocycles. The number of rotatable bonds is 6. The number of benzene rings is 3. The largest absolute Gasteiger partial charge is 0.325 e. The minimum absolute atomic E-state index is 0.0745. The lowest BCUT2D eigenvalue weighted by atomic mass is 10.1. The summed E-state index contributed by atoms with van der Waals surface area (Å²) in [6.45, 7) is 6.10. The molecular weight excluding hydrogens is 404 g/mol. The lowest BCUT2D eigenvalue weighted by Gasteiger charge is -2.11. The number of amides is 1. The Labute approximate surface area is 186 Å². The third-order valence-corrected chi connectivity index (χ3v) is 5.72. The van der Waals surface area contributed by atoms with Crippen molar-refractivity contribution in [2.45, 2.75) is 25.9 Å². The van der Waals surface area contributed by atoms with E-state index in [2.05, 4.69) is 40.6 Å². The van der Waals surface area contributed by atoms with Crippen LogP contribution in [0.5, 0.6) is 0 Å². The van der Waals surface area contributed by atoms with Crippen LogP contribution in [0.4, 0.5) is 5.69 Å². The first-order valence-corrected chi connectivity index (χ1v) is 11.1. The minimum atomic E-state index is -0.0745. The third kappa shape index (κ3) is 5.03. The van der Waals surface area contributed by atoms with Gasteiger partial charge in [-0.25, -0.2) is 0 Å². The highest BCUT2D eigenvalue weighted by Crippen LogP contribution is 2.28. The fraction of sp³-hybridized carbons (Fsp3) is 0.160. The second-order valence-electron chi connectivity index (χ2n) is 7.56. The number of nitrogens with zero attached hydrogens (tertiary/aromatic N) is 3. The molecule has 0 saturated carbocycles. The van der Waals surface area contributed by atoms with E-state index in [1.54, 1.807) is 0 Å². The number of anilines is 1. The molecule has 1 aromatic heterocycles. The van der Waals surface area contributed by atoms with Crippen LogP contribution in [0.15, 0.2) is 78.0 Å². The Kier molecular flexibility index (Phi) is 6.18. The Morgan fingerprint density at radius 3 is 2.23 bits per heavy atom. The van der Waals surface area contributed by atoms with E-state index in [0.717, 1.165) is 33.9 Å². The van der Waals surface area contributed by atoms with Crippen molar-refractivity contribution in [1.29, 1.82) is 0 Å². The summed E-state index contributed by atoms with van der Waals surface area (Å²) in [5.41, 5.74) is 6.18.